The third kappa shape index (κ3) is 6.86. The van der Waals surface area contributed by atoms with Crippen LogP contribution in [-0.4, -0.2) is 0 Å². The Labute approximate surface area is 406 Å². The Morgan fingerprint density at radius 2 is 0.897 bits per heavy atom. The topological polar surface area (TPSA) is 6.48 Å². The summed E-state index contributed by atoms with van der Waals surface area (Å²) in [7, 11) is 0. The molecule has 4 unspecified atom stereocenters. The molecular weight excluding hydrogens is 821 g/mol. The van der Waals surface area contributed by atoms with Crippen LogP contribution in [-0.2, 0) is 16.2 Å². The Balaban J connectivity index is 0.867. The van der Waals surface area contributed by atoms with Crippen molar-refractivity contribution >= 4 is 34.1 Å². The van der Waals surface area contributed by atoms with E-state index < -0.39 is 0 Å². The van der Waals surface area contributed by atoms with Crippen LogP contribution in [0.1, 0.15) is 126 Å². The van der Waals surface area contributed by atoms with Gasteiger partial charge in [0.05, 0.1) is 0 Å². The van der Waals surface area contributed by atoms with Crippen LogP contribution in [0.5, 0.6) is 0 Å². The minimum absolute atomic E-state index is 0.0422. The summed E-state index contributed by atoms with van der Waals surface area (Å²) >= 11 is 0. The van der Waals surface area contributed by atoms with Gasteiger partial charge in [0.25, 0.3) is 0 Å². The molecule has 0 heterocycles. The normalized spacial score (nSPS) is 28.2. The van der Waals surface area contributed by atoms with Gasteiger partial charge in [-0.1, -0.05) is 130 Å². The number of nitrogens with zero attached hydrogens (tertiary/aromatic N) is 2. The van der Waals surface area contributed by atoms with Crippen molar-refractivity contribution in [1.82, 2.24) is 0 Å². The third-order valence-electron chi connectivity index (χ3n) is 19.0. The summed E-state index contributed by atoms with van der Waals surface area (Å²) in [5.41, 5.74) is 17.7. The first-order valence-corrected chi connectivity index (χ1v) is 26.5. The number of anilines is 6. The van der Waals surface area contributed by atoms with Crippen molar-refractivity contribution in [2.75, 3.05) is 9.80 Å². The highest BCUT2D eigenvalue weighted by molar-refractivity contribution is 5.85. The molecule has 0 spiro atoms. The monoisotopic (exact) mass is 889 g/mol. The van der Waals surface area contributed by atoms with E-state index in [1.165, 1.54) is 145 Å². The molecule has 342 valence electrons. The van der Waals surface area contributed by atoms with E-state index in [0.29, 0.717) is 11.3 Å². The molecule has 0 amide bonds. The minimum atomic E-state index is -0.0677. The summed E-state index contributed by atoms with van der Waals surface area (Å²) in [5, 5.41) is 0. The maximum atomic E-state index is 2.53. The van der Waals surface area contributed by atoms with Crippen LogP contribution in [0.15, 0.2) is 176 Å². The van der Waals surface area contributed by atoms with E-state index in [1.807, 2.05) is 0 Å². The minimum Gasteiger partial charge on any atom is -0.311 e. The van der Waals surface area contributed by atoms with Gasteiger partial charge in [-0.25, -0.2) is 0 Å². The van der Waals surface area contributed by atoms with Gasteiger partial charge in [-0.05, 0) is 223 Å². The predicted octanol–water partition coefficient (Wildman–Crippen LogP) is 17.9. The summed E-state index contributed by atoms with van der Waals surface area (Å²) in [6, 6.07) is 68.0. The van der Waals surface area contributed by atoms with E-state index in [4.69, 9.17) is 0 Å². The van der Waals surface area contributed by atoms with Crippen molar-refractivity contribution in [3.63, 3.8) is 0 Å². The van der Waals surface area contributed by atoms with Crippen molar-refractivity contribution in [3.05, 3.63) is 204 Å². The molecule has 0 aromatic heterocycles. The quantitative estimate of drug-likeness (QED) is 0.135. The molecule has 6 bridgehead atoms. The van der Waals surface area contributed by atoms with E-state index in [1.54, 1.807) is 5.56 Å². The zero-order chi connectivity index (χ0) is 45.6. The highest BCUT2D eigenvalue weighted by atomic mass is 15.1. The second kappa shape index (κ2) is 16.4. The molecule has 7 aromatic carbocycles. The molecule has 7 aromatic rings. The molecule has 6 fully saturated rings. The summed E-state index contributed by atoms with van der Waals surface area (Å²) in [5.74, 6) is 5.10. The van der Waals surface area contributed by atoms with Gasteiger partial charge < -0.3 is 9.80 Å². The van der Waals surface area contributed by atoms with E-state index >= 15 is 0 Å². The summed E-state index contributed by atoms with van der Waals surface area (Å²) < 4.78 is 0. The van der Waals surface area contributed by atoms with E-state index in [-0.39, 0.29) is 10.8 Å². The lowest BCUT2D eigenvalue weighted by Gasteiger charge is -2.57. The number of rotatable bonds is 10. The highest BCUT2D eigenvalue weighted by Crippen LogP contribution is 2.61. The van der Waals surface area contributed by atoms with Crippen LogP contribution < -0.4 is 9.80 Å². The van der Waals surface area contributed by atoms with E-state index in [2.05, 4.69) is 206 Å². The molecule has 7 aliphatic rings. The predicted molar refractivity (Wildman–Crippen MR) is 284 cm³/mol. The van der Waals surface area contributed by atoms with Gasteiger partial charge >= 0.3 is 0 Å². The molecule has 0 N–H and O–H groups in total. The molecule has 7 aliphatic carbocycles. The van der Waals surface area contributed by atoms with Crippen molar-refractivity contribution < 1.29 is 0 Å². The lowest BCUT2D eigenvalue weighted by molar-refractivity contribution is -0.00518. The number of benzene rings is 7. The molecule has 0 saturated heterocycles. The molecular formula is C66H68N2. The molecule has 6 saturated carbocycles. The molecule has 68 heavy (non-hydrogen) atoms. The Kier molecular flexibility index (Phi) is 10.2. The summed E-state index contributed by atoms with van der Waals surface area (Å²) in [4.78, 5) is 4.97. The number of fused-ring (bicyclic) bond motifs is 5. The zero-order valence-electron chi connectivity index (χ0n) is 40.6. The van der Waals surface area contributed by atoms with Crippen molar-refractivity contribution in [1.29, 1.82) is 0 Å². The first-order chi connectivity index (χ1) is 33.3. The van der Waals surface area contributed by atoms with Gasteiger partial charge in [0.15, 0.2) is 0 Å². The van der Waals surface area contributed by atoms with E-state index in [0.717, 1.165) is 29.6 Å². The van der Waals surface area contributed by atoms with Crippen LogP contribution in [0.4, 0.5) is 34.1 Å². The van der Waals surface area contributed by atoms with E-state index in [9.17, 15) is 0 Å². The summed E-state index contributed by atoms with van der Waals surface area (Å²) in [6.45, 7) is 7.20. The van der Waals surface area contributed by atoms with Gasteiger partial charge in [-0.2, -0.15) is 0 Å². The van der Waals surface area contributed by atoms with Gasteiger partial charge in [-0.3, -0.25) is 0 Å². The zero-order valence-corrected chi connectivity index (χ0v) is 40.6. The molecule has 0 radical (unpaired) electrons. The van der Waals surface area contributed by atoms with Crippen molar-refractivity contribution in [3.8, 4) is 11.1 Å². The highest BCUT2D eigenvalue weighted by Gasteiger charge is 2.52. The largest absolute Gasteiger partial charge is 0.311 e. The van der Waals surface area contributed by atoms with Gasteiger partial charge in [0, 0.05) is 45.0 Å². The third-order valence-corrected chi connectivity index (χ3v) is 19.0. The van der Waals surface area contributed by atoms with Crippen LogP contribution in [0, 0.1) is 35.5 Å². The summed E-state index contributed by atoms with van der Waals surface area (Å²) in [6.07, 6.45) is 16.5. The average molecular weight is 889 g/mol. The number of hydrogen-bond donors (Lipinski definition) is 0. The fraction of sp³-hybridized carbons (Fsp3) is 0.364. The van der Waals surface area contributed by atoms with Gasteiger partial charge in [0.1, 0.15) is 0 Å². The smallest absolute Gasteiger partial charge is 0.0465 e. The lowest BCUT2D eigenvalue weighted by Crippen LogP contribution is -2.48. The Hall–Kier alpha value is -5.86. The molecule has 2 nitrogen and oxygen atoms in total. The number of para-hydroxylation sites is 2. The Bertz CT molecular complexity index is 2900. The van der Waals surface area contributed by atoms with Crippen LogP contribution >= 0.6 is 0 Å². The second-order valence-corrected chi connectivity index (χ2v) is 23.1. The van der Waals surface area contributed by atoms with Crippen LogP contribution in [0.25, 0.3) is 11.1 Å². The number of hydrogen-bond acceptors (Lipinski definition) is 2. The van der Waals surface area contributed by atoms with Crippen LogP contribution in [0.3, 0.4) is 0 Å². The first-order valence-electron chi connectivity index (χ1n) is 26.5. The Morgan fingerprint density at radius 1 is 0.426 bits per heavy atom. The maximum absolute atomic E-state index is 2.53. The standard InChI is InChI=1S/C66H68N2/c1-4-45-35-46-33-34-66(53(39-45)40-46,52-23-29-58(30-24-52)68(55-15-9-6-10-16-55)59-31-32-61-60-17-11-12-18-62(60)64(2,3)63(61)41-59)51-21-27-57(28-22-51)67(54-13-7-5-8-14-54)56-25-19-50(20-26-56)65-42-47-36-48(43-65)38-49(37-47)44-65/h5-32,41,45-49,53H,4,33-40,42-44H2,1-3H3. The van der Waals surface area contributed by atoms with Crippen molar-refractivity contribution in [2.45, 2.75) is 114 Å². The molecule has 4 atom stereocenters. The van der Waals surface area contributed by atoms with Gasteiger partial charge in [0.2, 0.25) is 0 Å². The molecule has 0 aliphatic heterocycles. The van der Waals surface area contributed by atoms with Crippen LogP contribution in [0.2, 0.25) is 0 Å². The first kappa shape index (κ1) is 42.3. The average Bonchev–Trinajstić information content (AvgIpc) is 3.60. The fourth-order valence-electron chi connectivity index (χ4n) is 16.2. The Morgan fingerprint density at radius 3 is 1.46 bits per heavy atom. The SMILES string of the molecule is CCC1CC2CCC(c3ccc(N(c4ccccc4)c4ccc(C56CC7CC(CC(C7)C5)C6)cc4)cc3)(c3ccc(N(c4ccccc4)c4ccc5c(c4)C(C)(C)c4ccccc4-5)cc3)C(C1)C2. The van der Waals surface area contributed by atoms with Gasteiger partial charge in [-0.15, -0.1) is 0 Å². The molecule has 14 rings (SSSR count). The molecule has 2 heteroatoms. The maximum Gasteiger partial charge on any atom is 0.0465 e. The fourth-order valence-corrected chi connectivity index (χ4v) is 16.2. The lowest BCUT2D eigenvalue weighted by atomic mass is 9.48. The second-order valence-electron chi connectivity index (χ2n) is 23.1. The van der Waals surface area contributed by atoms with Crippen molar-refractivity contribution in [2.24, 2.45) is 35.5 Å².